The molecular formula is C11H14O2. The van der Waals surface area contributed by atoms with Crippen LogP contribution in [0.25, 0.3) is 0 Å². The van der Waals surface area contributed by atoms with Crippen LogP contribution in [0, 0.1) is 6.92 Å². The third kappa shape index (κ3) is 1.22. The Morgan fingerprint density at radius 1 is 1.54 bits per heavy atom. The molecule has 0 radical (unpaired) electrons. The second kappa shape index (κ2) is 2.74. The summed E-state index contributed by atoms with van der Waals surface area (Å²) in [6.45, 7) is 4.39. The van der Waals surface area contributed by atoms with Crippen LogP contribution in [0.1, 0.15) is 24.5 Å². The van der Waals surface area contributed by atoms with Gasteiger partial charge in [-0.3, -0.25) is 0 Å². The van der Waals surface area contributed by atoms with Crippen LogP contribution in [0.5, 0.6) is 5.75 Å². The first-order chi connectivity index (χ1) is 6.15. The highest BCUT2D eigenvalue weighted by molar-refractivity contribution is 5.43. The number of aryl methyl sites for hydroxylation is 1. The molecule has 0 spiro atoms. The second-order valence-electron chi connectivity index (χ2n) is 3.67. The molecule has 2 rings (SSSR count). The molecule has 2 nitrogen and oxygen atoms in total. The summed E-state index contributed by atoms with van der Waals surface area (Å²) in [4.78, 5) is 0. The molecule has 1 heterocycles. The van der Waals surface area contributed by atoms with Crippen LogP contribution in [0.3, 0.4) is 0 Å². The number of rotatable bonds is 1. The summed E-state index contributed by atoms with van der Waals surface area (Å²) in [7, 11) is 0. The summed E-state index contributed by atoms with van der Waals surface area (Å²) < 4.78 is 5.41. The van der Waals surface area contributed by atoms with Gasteiger partial charge in [0.05, 0.1) is 0 Å². The number of aliphatic hydroxyl groups is 1. The lowest BCUT2D eigenvalue weighted by atomic mass is 9.92. The minimum atomic E-state index is -0.763. The molecule has 1 N–H and O–H groups in total. The molecule has 1 unspecified atom stereocenters. The Morgan fingerprint density at radius 3 is 3.00 bits per heavy atom. The molecular weight excluding hydrogens is 164 g/mol. The van der Waals surface area contributed by atoms with Gasteiger partial charge < -0.3 is 9.84 Å². The van der Waals surface area contributed by atoms with Gasteiger partial charge in [0, 0.05) is 5.56 Å². The number of hydrogen-bond acceptors (Lipinski definition) is 2. The Labute approximate surface area is 78.2 Å². The number of fused-ring (bicyclic) bond motifs is 1. The fourth-order valence-electron chi connectivity index (χ4n) is 1.70. The monoisotopic (exact) mass is 178 g/mol. The van der Waals surface area contributed by atoms with E-state index in [-0.39, 0.29) is 0 Å². The molecule has 0 amide bonds. The Morgan fingerprint density at radius 2 is 2.31 bits per heavy atom. The molecule has 0 fully saturated rings. The molecule has 1 aliphatic heterocycles. The van der Waals surface area contributed by atoms with Crippen LogP contribution in [0.15, 0.2) is 18.2 Å². The largest absolute Gasteiger partial charge is 0.490 e. The summed E-state index contributed by atoms with van der Waals surface area (Å²) >= 11 is 0. The van der Waals surface area contributed by atoms with Crippen LogP contribution < -0.4 is 4.74 Å². The van der Waals surface area contributed by atoms with Gasteiger partial charge in [-0.05, 0) is 25.5 Å². The van der Waals surface area contributed by atoms with E-state index in [1.54, 1.807) is 0 Å². The molecule has 0 aliphatic carbocycles. The van der Waals surface area contributed by atoms with Crippen molar-refractivity contribution in [1.82, 2.24) is 0 Å². The topological polar surface area (TPSA) is 29.5 Å². The fourth-order valence-corrected chi connectivity index (χ4v) is 1.70. The SMILES string of the molecule is CCC1(O)COc2ccc(C)cc21. The molecule has 1 atom stereocenters. The van der Waals surface area contributed by atoms with Crippen LogP contribution in [0.2, 0.25) is 0 Å². The second-order valence-corrected chi connectivity index (χ2v) is 3.67. The Bertz CT molecular complexity index is 333. The maximum Gasteiger partial charge on any atom is 0.127 e. The average Bonchev–Trinajstić information content (AvgIpc) is 2.45. The van der Waals surface area contributed by atoms with Crippen molar-refractivity contribution < 1.29 is 9.84 Å². The Balaban J connectivity index is 2.52. The molecule has 0 bridgehead atoms. The van der Waals surface area contributed by atoms with Crippen molar-refractivity contribution in [2.24, 2.45) is 0 Å². The van der Waals surface area contributed by atoms with Gasteiger partial charge in [-0.25, -0.2) is 0 Å². The van der Waals surface area contributed by atoms with Gasteiger partial charge in [-0.15, -0.1) is 0 Å². The highest BCUT2D eigenvalue weighted by Gasteiger charge is 2.36. The van der Waals surface area contributed by atoms with Crippen LogP contribution in [-0.2, 0) is 5.60 Å². The minimum Gasteiger partial charge on any atom is -0.490 e. The average molecular weight is 178 g/mol. The highest BCUT2D eigenvalue weighted by atomic mass is 16.5. The van der Waals surface area contributed by atoms with Crippen molar-refractivity contribution in [2.45, 2.75) is 25.9 Å². The maximum absolute atomic E-state index is 10.2. The van der Waals surface area contributed by atoms with Gasteiger partial charge in [-0.1, -0.05) is 18.6 Å². The van der Waals surface area contributed by atoms with E-state index in [0.29, 0.717) is 13.0 Å². The zero-order chi connectivity index (χ0) is 9.47. The van der Waals surface area contributed by atoms with E-state index in [4.69, 9.17) is 4.74 Å². The van der Waals surface area contributed by atoms with Gasteiger partial charge in [-0.2, -0.15) is 0 Å². The van der Waals surface area contributed by atoms with E-state index in [2.05, 4.69) is 0 Å². The quantitative estimate of drug-likeness (QED) is 0.712. The summed E-state index contributed by atoms with van der Waals surface area (Å²) in [5.74, 6) is 0.829. The normalized spacial score (nSPS) is 25.5. The zero-order valence-electron chi connectivity index (χ0n) is 8.00. The molecule has 70 valence electrons. The van der Waals surface area contributed by atoms with Crippen LogP contribution in [0.4, 0.5) is 0 Å². The first-order valence-corrected chi connectivity index (χ1v) is 4.62. The van der Waals surface area contributed by atoms with Gasteiger partial charge in [0.15, 0.2) is 0 Å². The van der Waals surface area contributed by atoms with Crippen molar-refractivity contribution in [2.75, 3.05) is 6.61 Å². The van der Waals surface area contributed by atoms with Crippen molar-refractivity contribution >= 4 is 0 Å². The van der Waals surface area contributed by atoms with Gasteiger partial charge in [0.1, 0.15) is 18.0 Å². The van der Waals surface area contributed by atoms with Gasteiger partial charge in [0.25, 0.3) is 0 Å². The van der Waals surface area contributed by atoms with Crippen molar-refractivity contribution in [3.05, 3.63) is 29.3 Å². The highest BCUT2D eigenvalue weighted by Crippen LogP contribution is 2.39. The minimum absolute atomic E-state index is 0.391. The fraction of sp³-hybridized carbons (Fsp3) is 0.455. The number of ether oxygens (including phenoxy) is 1. The molecule has 1 aliphatic rings. The first-order valence-electron chi connectivity index (χ1n) is 4.62. The van der Waals surface area contributed by atoms with Crippen LogP contribution >= 0.6 is 0 Å². The van der Waals surface area contributed by atoms with E-state index in [1.165, 1.54) is 0 Å². The summed E-state index contributed by atoms with van der Waals surface area (Å²) in [5.41, 5.74) is 1.34. The molecule has 0 saturated carbocycles. The lowest BCUT2D eigenvalue weighted by Crippen LogP contribution is -2.26. The van der Waals surface area contributed by atoms with Gasteiger partial charge >= 0.3 is 0 Å². The predicted octanol–water partition coefficient (Wildman–Crippen LogP) is 1.99. The number of hydrogen-bond donors (Lipinski definition) is 1. The van der Waals surface area contributed by atoms with Gasteiger partial charge in [0.2, 0.25) is 0 Å². The van der Waals surface area contributed by atoms with Crippen LogP contribution in [-0.4, -0.2) is 11.7 Å². The van der Waals surface area contributed by atoms with Crippen molar-refractivity contribution in [1.29, 1.82) is 0 Å². The zero-order valence-corrected chi connectivity index (χ0v) is 8.00. The van der Waals surface area contributed by atoms with E-state index < -0.39 is 5.60 Å². The summed E-state index contributed by atoms with van der Waals surface area (Å²) in [6.07, 6.45) is 0.698. The standard InChI is InChI=1S/C11H14O2/c1-3-11(12)7-13-10-5-4-8(2)6-9(10)11/h4-6,12H,3,7H2,1-2H3. The molecule has 0 saturated heterocycles. The van der Waals surface area contributed by atoms with Crippen molar-refractivity contribution in [3.8, 4) is 5.75 Å². The maximum atomic E-state index is 10.2. The van der Waals surface area contributed by atoms with E-state index >= 15 is 0 Å². The lowest BCUT2D eigenvalue weighted by molar-refractivity contribution is 0.0129. The summed E-state index contributed by atoms with van der Waals surface area (Å²) in [5, 5.41) is 10.2. The predicted molar refractivity (Wildman–Crippen MR) is 50.9 cm³/mol. The molecule has 1 aromatic rings. The Hall–Kier alpha value is -1.02. The Kier molecular flexibility index (Phi) is 1.81. The molecule has 1 aromatic carbocycles. The van der Waals surface area contributed by atoms with Crippen molar-refractivity contribution in [3.63, 3.8) is 0 Å². The third-order valence-electron chi connectivity index (χ3n) is 2.69. The number of benzene rings is 1. The first kappa shape index (κ1) is 8.57. The lowest BCUT2D eigenvalue weighted by Gasteiger charge is -2.18. The molecule has 13 heavy (non-hydrogen) atoms. The third-order valence-corrected chi connectivity index (χ3v) is 2.69. The van der Waals surface area contributed by atoms with E-state index in [0.717, 1.165) is 16.9 Å². The molecule has 2 heteroatoms. The van der Waals surface area contributed by atoms with E-state index in [9.17, 15) is 5.11 Å². The summed E-state index contributed by atoms with van der Waals surface area (Å²) in [6, 6.07) is 5.93. The molecule has 0 aromatic heterocycles. The smallest absolute Gasteiger partial charge is 0.127 e. The van der Waals surface area contributed by atoms with E-state index in [1.807, 2.05) is 32.0 Å².